The van der Waals surface area contributed by atoms with Gasteiger partial charge in [0, 0.05) is 23.8 Å². The molecule has 1 fully saturated rings. The number of benzene rings is 1. The highest BCUT2D eigenvalue weighted by atomic mass is 16.2. The fourth-order valence-electron chi connectivity index (χ4n) is 2.61. The van der Waals surface area contributed by atoms with E-state index in [0.717, 1.165) is 36.9 Å². The molecule has 1 heterocycles. The minimum absolute atomic E-state index is 0.129. The highest BCUT2D eigenvalue weighted by Crippen LogP contribution is 2.21. The first-order chi connectivity index (χ1) is 8.61. The third kappa shape index (κ3) is 2.66. The zero-order valence-corrected chi connectivity index (χ0v) is 11.3. The van der Waals surface area contributed by atoms with Crippen LogP contribution in [0.2, 0.25) is 0 Å². The number of carbonyl (C=O) groups excluding carboxylic acids is 1. The Kier molecular flexibility index (Phi) is 3.90. The number of piperidine rings is 1. The van der Waals surface area contributed by atoms with Gasteiger partial charge in [0.15, 0.2) is 0 Å². The Labute approximate surface area is 109 Å². The van der Waals surface area contributed by atoms with Gasteiger partial charge in [0.2, 0.25) is 0 Å². The van der Waals surface area contributed by atoms with Gasteiger partial charge in [-0.3, -0.25) is 4.79 Å². The average molecular weight is 246 g/mol. The lowest BCUT2D eigenvalue weighted by atomic mass is 10.0. The number of carbonyl (C=O) groups is 1. The molecular weight excluding hydrogens is 224 g/mol. The highest BCUT2D eigenvalue weighted by molar-refractivity contribution is 5.95. The summed E-state index contributed by atoms with van der Waals surface area (Å²) in [5, 5.41) is 0. The predicted molar refractivity (Wildman–Crippen MR) is 74.6 cm³/mol. The summed E-state index contributed by atoms with van der Waals surface area (Å²) in [4.78, 5) is 14.5. The van der Waals surface area contributed by atoms with Crippen molar-refractivity contribution in [1.82, 2.24) is 4.90 Å². The lowest BCUT2D eigenvalue weighted by Crippen LogP contribution is -2.42. The van der Waals surface area contributed by atoms with Crippen LogP contribution < -0.4 is 5.73 Å². The maximum absolute atomic E-state index is 12.5. The van der Waals surface area contributed by atoms with Crippen molar-refractivity contribution in [3.63, 3.8) is 0 Å². The molecule has 1 saturated heterocycles. The van der Waals surface area contributed by atoms with Crippen LogP contribution in [0.25, 0.3) is 0 Å². The highest BCUT2D eigenvalue weighted by Gasteiger charge is 2.24. The average Bonchev–Trinajstić information content (AvgIpc) is 2.37. The van der Waals surface area contributed by atoms with Crippen molar-refractivity contribution in [3.8, 4) is 0 Å². The molecule has 1 aliphatic rings. The fourth-order valence-corrected chi connectivity index (χ4v) is 2.61. The largest absolute Gasteiger partial charge is 0.399 e. The van der Waals surface area contributed by atoms with E-state index in [2.05, 4.69) is 13.8 Å². The Balaban J connectivity index is 2.24. The number of hydrogen-bond acceptors (Lipinski definition) is 2. The molecule has 18 heavy (non-hydrogen) atoms. The first-order valence-corrected chi connectivity index (χ1v) is 6.82. The van der Waals surface area contributed by atoms with Gasteiger partial charge in [0.25, 0.3) is 5.91 Å². The molecule has 3 nitrogen and oxygen atoms in total. The Hall–Kier alpha value is -1.51. The molecule has 1 atom stereocenters. The second-order valence-electron chi connectivity index (χ2n) is 5.16. The first kappa shape index (κ1) is 12.9. The van der Waals surface area contributed by atoms with E-state index in [9.17, 15) is 4.79 Å². The van der Waals surface area contributed by atoms with E-state index >= 15 is 0 Å². The van der Waals surface area contributed by atoms with E-state index in [1.807, 2.05) is 17.0 Å². The second-order valence-corrected chi connectivity index (χ2v) is 5.16. The molecule has 0 aliphatic carbocycles. The van der Waals surface area contributed by atoms with Crippen LogP contribution in [0.3, 0.4) is 0 Å². The Morgan fingerprint density at radius 3 is 2.83 bits per heavy atom. The van der Waals surface area contributed by atoms with Crippen LogP contribution in [0.15, 0.2) is 18.2 Å². The molecule has 1 aromatic rings. The summed E-state index contributed by atoms with van der Waals surface area (Å²) in [6.07, 6.45) is 4.34. The lowest BCUT2D eigenvalue weighted by molar-refractivity contribution is 0.0635. The number of rotatable bonds is 2. The zero-order valence-electron chi connectivity index (χ0n) is 11.3. The van der Waals surface area contributed by atoms with E-state index in [1.165, 1.54) is 6.42 Å². The summed E-state index contributed by atoms with van der Waals surface area (Å²) in [7, 11) is 0. The van der Waals surface area contributed by atoms with Crippen molar-refractivity contribution in [3.05, 3.63) is 29.3 Å². The number of nitrogen functional groups attached to an aromatic ring is 1. The van der Waals surface area contributed by atoms with E-state index in [0.29, 0.717) is 11.7 Å². The quantitative estimate of drug-likeness (QED) is 0.816. The summed E-state index contributed by atoms with van der Waals surface area (Å²) < 4.78 is 0. The third-order valence-corrected chi connectivity index (χ3v) is 3.73. The minimum atomic E-state index is 0.129. The number of nitrogens with zero attached hydrogens (tertiary/aromatic N) is 1. The molecule has 1 aromatic carbocycles. The van der Waals surface area contributed by atoms with E-state index in [-0.39, 0.29) is 5.91 Å². The summed E-state index contributed by atoms with van der Waals surface area (Å²) in [6, 6.07) is 6.05. The molecule has 0 bridgehead atoms. The van der Waals surface area contributed by atoms with Crippen molar-refractivity contribution >= 4 is 11.6 Å². The van der Waals surface area contributed by atoms with Crippen LogP contribution in [0, 0.1) is 0 Å². The summed E-state index contributed by atoms with van der Waals surface area (Å²) >= 11 is 0. The van der Waals surface area contributed by atoms with E-state index in [4.69, 9.17) is 5.73 Å². The minimum Gasteiger partial charge on any atom is -0.399 e. The SMILES string of the molecule is CCc1cc(N)cc(C(=O)N2CCCCC2C)c1. The van der Waals surface area contributed by atoms with Gasteiger partial charge in [-0.2, -0.15) is 0 Å². The number of hydrogen-bond donors (Lipinski definition) is 1. The van der Waals surface area contributed by atoms with E-state index in [1.54, 1.807) is 6.07 Å². The molecule has 0 aromatic heterocycles. The molecule has 1 amide bonds. The standard InChI is InChI=1S/C15H22N2O/c1-3-12-8-13(10-14(16)9-12)15(18)17-7-5-4-6-11(17)2/h8-11H,3-7,16H2,1-2H3. The van der Waals surface area contributed by atoms with Gasteiger partial charge in [-0.15, -0.1) is 0 Å². The van der Waals surface area contributed by atoms with Crippen LogP contribution in [-0.4, -0.2) is 23.4 Å². The molecule has 2 N–H and O–H groups in total. The zero-order chi connectivity index (χ0) is 13.1. The van der Waals surface area contributed by atoms with Gasteiger partial charge in [-0.05, 0) is 56.4 Å². The van der Waals surface area contributed by atoms with Crippen LogP contribution in [-0.2, 0) is 6.42 Å². The summed E-state index contributed by atoms with van der Waals surface area (Å²) in [5.74, 6) is 0.129. The van der Waals surface area contributed by atoms with Crippen LogP contribution in [0.5, 0.6) is 0 Å². The van der Waals surface area contributed by atoms with Crippen LogP contribution >= 0.6 is 0 Å². The topological polar surface area (TPSA) is 46.3 Å². The van der Waals surface area contributed by atoms with Gasteiger partial charge >= 0.3 is 0 Å². The Morgan fingerprint density at radius 2 is 2.17 bits per heavy atom. The van der Waals surface area contributed by atoms with Crippen molar-refractivity contribution < 1.29 is 4.79 Å². The maximum atomic E-state index is 12.5. The lowest BCUT2D eigenvalue weighted by Gasteiger charge is -2.33. The second kappa shape index (κ2) is 5.42. The molecule has 0 saturated carbocycles. The maximum Gasteiger partial charge on any atom is 0.254 e. The first-order valence-electron chi connectivity index (χ1n) is 6.82. The number of amides is 1. The molecule has 0 spiro atoms. The summed E-state index contributed by atoms with van der Waals surface area (Å²) in [5.41, 5.74) is 8.41. The monoisotopic (exact) mass is 246 g/mol. The fraction of sp³-hybridized carbons (Fsp3) is 0.533. The number of nitrogens with two attached hydrogens (primary N) is 1. The summed E-state index contributed by atoms with van der Waals surface area (Å²) in [6.45, 7) is 5.08. The van der Waals surface area contributed by atoms with Gasteiger partial charge in [0.1, 0.15) is 0 Å². The normalized spacial score (nSPS) is 19.9. The van der Waals surface area contributed by atoms with E-state index < -0.39 is 0 Å². The molecule has 1 aliphatic heterocycles. The number of anilines is 1. The number of likely N-dealkylation sites (tertiary alicyclic amines) is 1. The van der Waals surface area contributed by atoms with Gasteiger partial charge in [-0.1, -0.05) is 6.92 Å². The molecular formula is C15H22N2O. The Bertz CT molecular complexity index is 442. The van der Waals surface area contributed by atoms with Crippen LogP contribution in [0.4, 0.5) is 5.69 Å². The third-order valence-electron chi connectivity index (χ3n) is 3.73. The molecule has 1 unspecified atom stereocenters. The molecule has 3 heteroatoms. The van der Waals surface area contributed by atoms with Crippen molar-refractivity contribution in [1.29, 1.82) is 0 Å². The molecule has 2 rings (SSSR count). The van der Waals surface area contributed by atoms with Crippen molar-refractivity contribution in [2.75, 3.05) is 12.3 Å². The predicted octanol–water partition coefficient (Wildman–Crippen LogP) is 2.85. The molecule has 98 valence electrons. The van der Waals surface area contributed by atoms with Gasteiger partial charge in [-0.25, -0.2) is 0 Å². The van der Waals surface area contributed by atoms with Crippen molar-refractivity contribution in [2.45, 2.75) is 45.6 Å². The van der Waals surface area contributed by atoms with Gasteiger partial charge in [0.05, 0.1) is 0 Å². The van der Waals surface area contributed by atoms with Crippen LogP contribution in [0.1, 0.15) is 49.0 Å². The molecule has 0 radical (unpaired) electrons. The smallest absolute Gasteiger partial charge is 0.254 e. The van der Waals surface area contributed by atoms with Crippen molar-refractivity contribution in [2.24, 2.45) is 0 Å². The Morgan fingerprint density at radius 1 is 1.39 bits per heavy atom. The number of aryl methyl sites for hydroxylation is 1. The van der Waals surface area contributed by atoms with Gasteiger partial charge < -0.3 is 10.6 Å².